The zero-order chi connectivity index (χ0) is 22.5. The molecule has 1 aliphatic heterocycles. The van der Waals surface area contributed by atoms with Crippen LogP contribution in [0.2, 0.25) is 0 Å². The molecule has 2 N–H and O–H groups in total. The summed E-state index contributed by atoms with van der Waals surface area (Å²) >= 11 is 0. The Morgan fingerprint density at radius 1 is 1.24 bits per heavy atom. The number of likely N-dealkylation sites (tertiary alicyclic amines) is 1. The first-order chi connectivity index (χ1) is 16.1. The first kappa shape index (κ1) is 19.5. The number of nitrogens with two attached hydrogens (primary N) is 1. The summed E-state index contributed by atoms with van der Waals surface area (Å²) in [6, 6.07) is 5.71. The maximum Gasteiger partial charge on any atom is 0.246 e. The van der Waals surface area contributed by atoms with E-state index in [0.717, 1.165) is 41.8 Å². The van der Waals surface area contributed by atoms with Gasteiger partial charge in [0.1, 0.15) is 23.4 Å². The lowest BCUT2D eigenvalue weighted by molar-refractivity contribution is -0.125. The Hall–Kier alpha value is -4.19. The predicted octanol–water partition coefficient (Wildman–Crippen LogP) is 2.79. The largest absolute Gasteiger partial charge is 0.440 e. The molecule has 1 amide bonds. The van der Waals surface area contributed by atoms with Crippen molar-refractivity contribution < 1.29 is 9.21 Å². The molecule has 9 heteroatoms. The number of fused-ring (bicyclic) bond motifs is 2. The first-order valence-corrected chi connectivity index (χ1v) is 10.9. The number of benzene rings is 1. The molecule has 0 bridgehead atoms. The Morgan fingerprint density at radius 3 is 2.94 bits per heavy atom. The molecule has 0 spiro atoms. The van der Waals surface area contributed by atoms with Gasteiger partial charge in [0.15, 0.2) is 17.1 Å². The summed E-state index contributed by atoms with van der Waals surface area (Å²) in [5.74, 6) is 7.82. The molecule has 9 nitrogen and oxygen atoms in total. The highest BCUT2D eigenvalue weighted by Gasteiger charge is 2.30. The minimum absolute atomic E-state index is 0.0198. The SMILES string of the molecule is C=CC(=O)N1CC[C@H](n2nc(C#Cc3ccc4oc(C5CC5)nc4c3)c3c(N)ncnc32)C1. The summed E-state index contributed by atoms with van der Waals surface area (Å²) in [6.07, 6.45) is 5.79. The second kappa shape index (κ2) is 7.45. The van der Waals surface area contributed by atoms with Crippen molar-refractivity contribution in [2.24, 2.45) is 0 Å². The van der Waals surface area contributed by atoms with Gasteiger partial charge in [-0.15, -0.1) is 0 Å². The van der Waals surface area contributed by atoms with Gasteiger partial charge in [0, 0.05) is 24.6 Å². The van der Waals surface area contributed by atoms with Gasteiger partial charge in [-0.2, -0.15) is 5.10 Å². The molecule has 2 fully saturated rings. The molecule has 1 saturated carbocycles. The van der Waals surface area contributed by atoms with Crippen LogP contribution in [0, 0.1) is 11.8 Å². The van der Waals surface area contributed by atoms with Gasteiger partial charge in [0.25, 0.3) is 0 Å². The van der Waals surface area contributed by atoms with Crippen molar-refractivity contribution in [3.05, 3.63) is 54.3 Å². The van der Waals surface area contributed by atoms with Crippen LogP contribution >= 0.6 is 0 Å². The number of rotatable bonds is 3. The van der Waals surface area contributed by atoms with Crippen LogP contribution < -0.4 is 5.73 Å². The number of hydrogen-bond donors (Lipinski definition) is 1. The lowest BCUT2D eigenvalue weighted by Crippen LogP contribution is -2.27. The number of nitrogen functional groups attached to an aromatic ring is 1. The maximum atomic E-state index is 12.0. The van der Waals surface area contributed by atoms with E-state index in [0.29, 0.717) is 41.6 Å². The molecular weight excluding hydrogens is 418 g/mol. The molecule has 1 aromatic carbocycles. The summed E-state index contributed by atoms with van der Waals surface area (Å²) in [5.41, 5.74) is 9.68. The molecular formula is C24H21N7O2. The van der Waals surface area contributed by atoms with E-state index in [1.807, 2.05) is 22.9 Å². The predicted molar refractivity (Wildman–Crippen MR) is 122 cm³/mol. The second-order valence-electron chi connectivity index (χ2n) is 8.44. The molecule has 3 aromatic heterocycles. The molecule has 1 atom stereocenters. The Balaban J connectivity index is 1.36. The van der Waals surface area contributed by atoms with Crippen molar-refractivity contribution in [1.82, 2.24) is 29.6 Å². The minimum atomic E-state index is -0.0868. The van der Waals surface area contributed by atoms with Crippen molar-refractivity contribution >= 4 is 33.9 Å². The minimum Gasteiger partial charge on any atom is -0.440 e. The van der Waals surface area contributed by atoms with Gasteiger partial charge in [-0.05, 0) is 49.5 Å². The van der Waals surface area contributed by atoms with E-state index in [9.17, 15) is 4.79 Å². The normalized spacial score (nSPS) is 17.9. The van der Waals surface area contributed by atoms with Gasteiger partial charge in [-0.3, -0.25) is 4.79 Å². The van der Waals surface area contributed by atoms with E-state index in [-0.39, 0.29) is 11.9 Å². The second-order valence-corrected chi connectivity index (χ2v) is 8.44. The smallest absolute Gasteiger partial charge is 0.246 e. The Labute approximate surface area is 189 Å². The van der Waals surface area contributed by atoms with Crippen LogP contribution in [-0.4, -0.2) is 48.6 Å². The number of carbonyl (C=O) groups excluding carboxylic acids is 1. The first-order valence-electron chi connectivity index (χ1n) is 10.9. The van der Waals surface area contributed by atoms with E-state index in [4.69, 9.17) is 15.2 Å². The molecule has 6 rings (SSSR count). The zero-order valence-electron chi connectivity index (χ0n) is 17.9. The quantitative estimate of drug-likeness (QED) is 0.385. The average Bonchev–Trinajstić information content (AvgIpc) is 3.24. The van der Waals surface area contributed by atoms with Crippen molar-refractivity contribution in [1.29, 1.82) is 0 Å². The number of oxazole rings is 1. The average molecular weight is 439 g/mol. The van der Waals surface area contributed by atoms with Crippen LogP contribution in [0.25, 0.3) is 22.1 Å². The van der Waals surface area contributed by atoms with Crippen molar-refractivity contribution in [2.75, 3.05) is 18.8 Å². The molecule has 1 aliphatic carbocycles. The molecule has 0 radical (unpaired) electrons. The highest BCUT2D eigenvalue weighted by Crippen LogP contribution is 2.40. The maximum absolute atomic E-state index is 12.0. The van der Waals surface area contributed by atoms with Gasteiger partial charge in [0.05, 0.1) is 11.4 Å². The summed E-state index contributed by atoms with van der Waals surface area (Å²) in [6.45, 7) is 4.74. The molecule has 164 valence electrons. The molecule has 0 unspecified atom stereocenters. The Bertz CT molecular complexity index is 1490. The summed E-state index contributed by atoms with van der Waals surface area (Å²) < 4.78 is 7.65. The molecule has 4 heterocycles. The van der Waals surface area contributed by atoms with E-state index in [1.165, 1.54) is 12.4 Å². The van der Waals surface area contributed by atoms with Crippen LogP contribution in [0.4, 0.5) is 5.82 Å². The van der Waals surface area contributed by atoms with Gasteiger partial charge < -0.3 is 15.1 Å². The van der Waals surface area contributed by atoms with Crippen LogP contribution in [0.15, 0.2) is 41.6 Å². The van der Waals surface area contributed by atoms with Gasteiger partial charge in [-0.1, -0.05) is 12.5 Å². The number of hydrogen-bond acceptors (Lipinski definition) is 7. The van der Waals surface area contributed by atoms with Crippen LogP contribution in [0.3, 0.4) is 0 Å². The van der Waals surface area contributed by atoms with Crippen LogP contribution in [0.5, 0.6) is 0 Å². The third-order valence-electron chi connectivity index (χ3n) is 6.17. The van der Waals surface area contributed by atoms with E-state index < -0.39 is 0 Å². The standard InChI is InChI=1S/C24H21N7O2/c1-2-20(32)30-10-9-16(12-30)31-23-21(22(25)26-13-27-23)17(29-31)7-3-14-4-8-19-18(11-14)28-24(33-19)15-5-6-15/h2,4,8,11,13,15-16H,1,5-6,9-10,12H2,(H2,25,26,27)/t16-/m0/s1. The molecule has 1 saturated heterocycles. The third-order valence-corrected chi connectivity index (χ3v) is 6.17. The van der Waals surface area contributed by atoms with Crippen molar-refractivity contribution in [3.63, 3.8) is 0 Å². The summed E-state index contributed by atoms with van der Waals surface area (Å²) in [7, 11) is 0. The Morgan fingerprint density at radius 2 is 2.12 bits per heavy atom. The van der Waals surface area contributed by atoms with Gasteiger partial charge >= 0.3 is 0 Å². The number of carbonyl (C=O) groups is 1. The van der Waals surface area contributed by atoms with Crippen LogP contribution in [0.1, 0.15) is 48.4 Å². The molecule has 2 aliphatic rings. The van der Waals surface area contributed by atoms with Gasteiger partial charge in [-0.25, -0.2) is 19.6 Å². The Kier molecular flexibility index (Phi) is 4.40. The number of nitrogens with zero attached hydrogens (tertiary/aromatic N) is 6. The van der Waals surface area contributed by atoms with E-state index in [1.54, 1.807) is 4.90 Å². The topological polar surface area (TPSA) is 116 Å². The van der Waals surface area contributed by atoms with Crippen molar-refractivity contribution in [3.8, 4) is 11.8 Å². The number of anilines is 1. The number of aromatic nitrogens is 5. The fraction of sp³-hybridized carbons (Fsp3) is 0.292. The fourth-order valence-electron chi connectivity index (χ4n) is 4.27. The molecule has 33 heavy (non-hydrogen) atoms. The lowest BCUT2D eigenvalue weighted by Gasteiger charge is -2.14. The lowest BCUT2D eigenvalue weighted by atomic mass is 10.2. The highest BCUT2D eigenvalue weighted by molar-refractivity contribution is 5.91. The monoisotopic (exact) mass is 439 g/mol. The van der Waals surface area contributed by atoms with E-state index in [2.05, 4.69) is 33.4 Å². The van der Waals surface area contributed by atoms with Crippen molar-refractivity contribution in [2.45, 2.75) is 31.2 Å². The summed E-state index contributed by atoms with van der Waals surface area (Å²) in [5, 5.41) is 5.35. The zero-order valence-corrected chi connectivity index (χ0v) is 17.9. The van der Waals surface area contributed by atoms with E-state index >= 15 is 0 Å². The third kappa shape index (κ3) is 3.40. The highest BCUT2D eigenvalue weighted by atomic mass is 16.3. The number of amides is 1. The van der Waals surface area contributed by atoms with Gasteiger partial charge in [0.2, 0.25) is 5.91 Å². The molecule has 4 aromatic rings. The van der Waals surface area contributed by atoms with Crippen LogP contribution in [-0.2, 0) is 4.79 Å². The summed E-state index contributed by atoms with van der Waals surface area (Å²) in [4.78, 5) is 26.9. The fourth-order valence-corrected chi connectivity index (χ4v) is 4.27.